The molecule has 1 rings (SSSR count). The largest absolute Gasteiger partial charge is 0.432 e. The maximum atomic E-state index is 12.1. The van der Waals surface area contributed by atoms with Crippen molar-refractivity contribution >= 4 is 23.0 Å². The molecule has 0 aliphatic carbocycles. The Hall–Kier alpha value is -1.49. The summed E-state index contributed by atoms with van der Waals surface area (Å²) in [5, 5.41) is 9.61. The summed E-state index contributed by atoms with van der Waals surface area (Å²) in [6.07, 6.45) is -3.87. The number of anilines is 1. The Labute approximate surface area is 108 Å². The number of nitrogens with one attached hydrogen (secondary N) is 2. The Morgan fingerprint density at radius 2 is 1.89 bits per heavy atom. The Morgan fingerprint density at radius 1 is 1.33 bits per heavy atom. The summed E-state index contributed by atoms with van der Waals surface area (Å²) < 4.78 is 36.4. The fourth-order valence-electron chi connectivity index (χ4n) is 1.24. The monoisotopic (exact) mass is 276 g/mol. The van der Waals surface area contributed by atoms with Crippen LogP contribution in [-0.4, -0.2) is 11.9 Å². The maximum absolute atomic E-state index is 12.1. The zero-order chi connectivity index (χ0) is 13.8. The van der Waals surface area contributed by atoms with Crippen LogP contribution in [0.2, 0.25) is 0 Å². The summed E-state index contributed by atoms with van der Waals surface area (Å²) in [7, 11) is 0. The minimum absolute atomic E-state index is 0.246. The Balaban J connectivity index is 2.72. The highest BCUT2D eigenvalue weighted by molar-refractivity contribution is 6.17. The number of hydrogen-bond acceptors (Lipinski definition) is 2. The Morgan fingerprint density at radius 3 is 2.33 bits per heavy atom. The standard InChI is InChI=1S/C12H12ClF3N2/c1-8(6-11(17)12(14,15)16)18-10-4-2-9(7-13)3-5-10/h2-6,17-18H,7H2,1H3/b8-6-,17-11?. The molecule has 1 aromatic carbocycles. The van der Waals surface area contributed by atoms with E-state index in [-0.39, 0.29) is 5.70 Å². The Kier molecular flexibility index (Phi) is 4.78. The molecule has 0 amide bonds. The molecule has 0 heterocycles. The van der Waals surface area contributed by atoms with E-state index in [0.717, 1.165) is 11.6 Å². The Bertz CT molecular complexity index is 449. The van der Waals surface area contributed by atoms with Crippen LogP contribution in [0.5, 0.6) is 0 Å². The van der Waals surface area contributed by atoms with Crippen LogP contribution >= 0.6 is 11.6 Å². The van der Waals surface area contributed by atoms with E-state index in [1.807, 2.05) is 0 Å². The molecule has 98 valence electrons. The smallest absolute Gasteiger partial charge is 0.359 e. The van der Waals surface area contributed by atoms with E-state index in [9.17, 15) is 13.2 Å². The molecule has 1 aromatic rings. The molecule has 0 saturated carbocycles. The molecule has 0 spiro atoms. The van der Waals surface area contributed by atoms with E-state index < -0.39 is 11.9 Å². The van der Waals surface area contributed by atoms with Gasteiger partial charge in [0.1, 0.15) is 5.71 Å². The summed E-state index contributed by atoms with van der Waals surface area (Å²) >= 11 is 5.62. The number of benzene rings is 1. The van der Waals surface area contributed by atoms with Gasteiger partial charge in [0, 0.05) is 17.3 Å². The lowest BCUT2D eigenvalue weighted by molar-refractivity contribution is -0.0584. The molecule has 0 saturated heterocycles. The van der Waals surface area contributed by atoms with Gasteiger partial charge < -0.3 is 5.32 Å². The molecule has 0 aliphatic rings. The molecule has 0 atom stereocenters. The highest BCUT2D eigenvalue weighted by Crippen LogP contribution is 2.19. The first kappa shape index (κ1) is 14.6. The predicted octanol–water partition coefficient (Wildman–Crippen LogP) is 4.32. The maximum Gasteiger partial charge on any atom is 0.432 e. The number of alkyl halides is 4. The van der Waals surface area contributed by atoms with Gasteiger partial charge in [0.2, 0.25) is 0 Å². The molecule has 6 heteroatoms. The van der Waals surface area contributed by atoms with Gasteiger partial charge in [-0.15, -0.1) is 11.6 Å². The van der Waals surface area contributed by atoms with Gasteiger partial charge in [0.25, 0.3) is 0 Å². The second kappa shape index (κ2) is 5.91. The van der Waals surface area contributed by atoms with Crippen molar-refractivity contribution in [3.05, 3.63) is 41.6 Å². The van der Waals surface area contributed by atoms with Crippen LogP contribution in [0.3, 0.4) is 0 Å². The predicted molar refractivity (Wildman–Crippen MR) is 67.2 cm³/mol. The summed E-state index contributed by atoms with van der Waals surface area (Å²) in [6, 6.07) is 6.98. The minimum Gasteiger partial charge on any atom is -0.359 e. The third-order valence-corrected chi connectivity index (χ3v) is 2.42. The molecule has 0 radical (unpaired) electrons. The average molecular weight is 277 g/mol. The summed E-state index contributed by atoms with van der Waals surface area (Å²) in [5.41, 5.74) is 0.431. The van der Waals surface area contributed by atoms with Gasteiger partial charge in [-0.2, -0.15) is 13.2 Å². The molecule has 0 unspecified atom stereocenters. The zero-order valence-corrected chi connectivity index (χ0v) is 10.4. The van der Waals surface area contributed by atoms with Crippen LogP contribution in [0, 0.1) is 5.41 Å². The van der Waals surface area contributed by atoms with Crippen molar-refractivity contribution in [2.75, 3.05) is 5.32 Å². The van der Waals surface area contributed by atoms with Crippen LogP contribution in [-0.2, 0) is 5.88 Å². The first-order chi connectivity index (χ1) is 8.32. The van der Waals surface area contributed by atoms with Gasteiger partial charge in [-0.3, -0.25) is 5.41 Å². The first-order valence-electron chi connectivity index (χ1n) is 5.09. The van der Waals surface area contributed by atoms with Crippen LogP contribution < -0.4 is 5.32 Å². The van der Waals surface area contributed by atoms with Crippen molar-refractivity contribution in [1.29, 1.82) is 5.41 Å². The van der Waals surface area contributed by atoms with Gasteiger partial charge in [-0.05, 0) is 30.7 Å². The lowest BCUT2D eigenvalue weighted by Gasteiger charge is -2.09. The lowest BCUT2D eigenvalue weighted by atomic mass is 10.2. The normalized spacial score (nSPS) is 12.4. The van der Waals surface area contributed by atoms with Crippen LogP contribution in [0.4, 0.5) is 18.9 Å². The van der Waals surface area contributed by atoms with Gasteiger partial charge in [0.15, 0.2) is 0 Å². The molecule has 18 heavy (non-hydrogen) atoms. The zero-order valence-electron chi connectivity index (χ0n) is 9.61. The van der Waals surface area contributed by atoms with Gasteiger partial charge in [0.05, 0.1) is 0 Å². The molecule has 2 nitrogen and oxygen atoms in total. The van der Waals surface area contributed by atoms with Crippen LogP contribution in [0.25, 0.3) is 0 Å². The average Bonchev–Trinajstić information content (AvgIpc) is 2.28. The van der Waals surface area contributed by atoms with E-state index in [4.69, 9.17) is 17.0 Å². The molecule has 0 fully saturated rings. The van der Waals surface area contributed by atoms with Gasteiger partial charge >= 0.3 is 6.18 Å². The van der Waals surface area contributed by atoms with Crippen LogP contribution in [0.1, 0.15) is 12.5 Å². The van der Waals surface area contributed by atoms with Crippen molar-refractivity contribution in [3.63, 3.8) is 0 Å². The van der Waals surface area contributed by atoms with Crippen LogP contribution in [0.15, 0.2) is 36.0 Å². The fourth-order valence-corrected chi connectivity index (χ4v) is 1.42. The minimum atomic E-state index is -4.62. The van der Waals surface area contributed by atoms with E-state index in [1.165, 1.54) is 6.92 Å². The number of allylic oxidation sites excluding steroid dienone is 2. The van der Waals surface area contributed by atoms with E-state index in [2.05, 4.69) is 5.32 Å². The second-order valence-corrected chi connectivity index (χ2v) is 3.96. The molecular formula is C12H12ClF3N2. The first-order valence-corrected chi connectivity index (χ1v) is 5.62. The lowest BCUT2D eigenvalue weighted by Crippen LogP contribution is -2.20. The third-order valence-electron chi connectivity index (χ3n) is 2.12. The molecule has 0 bridgehead atoms. The summed E-state index contributed by atoms with van der Waals surface area (Å²) in [6.45, 7) is 1.47. The van der Waals surface area contributed by atoms with Crippen molar-refractivity contribution < 1.29 is 13.2 Å². The van der Waals surface area contributed by atoms with Crippen molar-refractivity contribution in [1.82, 2.24) is 0 Å². The summed E-state index contributed by atoms with van der Waals surface area (Å²) in [4.78, 5) is 0. The van der Waals surface area contributed by atoms with Crippen molar-refractivity contribution in [3.8, 4) is 0 Å². The van der Waals surface area contributed by atoms with Gasteiger partial charge in [-0.1, -0.05) is 12.1 Å². The van der Waals surface area contributed by atoms with E-state index in [1.54, 1.807) is 24.3 Å². The highest BCUT2D eigenvalue weighted by atomic mass is 35.5. The molecule has 0 aliphatic heterocycles. The quantitative estimate of drug-likeness (QED) is 0.623. The number of halogens is 4. The number of hydrogen-bond donors (Lipinski definition) is 2. The fraction of sp³-hybridized carbons (Fsp3) is 0.250. The second-order valence-electron chi connectivity index (χ2n) is 3.69. The van der Waals surface area contributed by atoms with Crippen molar-refractivity contribution in [2.45, 2.75) is 19.0 Å². The highest BCUT2D eigenvalue weighted by Gasteiger charge is 2.32. The SMILES string of the molecule is C/C(=C/C(=N)C(F)(F)F)Nc1ccc(CCl)cc1. The topological polar surface area (TPSA) is 35.9 Å². The van der Waals surface area contributed by atoms with Gasteiger partial charge in [-0.25, -0.2) is 0 Å². The number of rotatable bonds is 4. The van der Waals surface area contributed by atoms with Crippen molar-refractivity contribution in [2.24, 2.45) is 0 Å². The third kappa shape index (κ3) is 4.41. The van der Waals surface area contributed by atoms with E-state index in [0.29, 0.717) is 11.6 Å². The molecule has 0 aromatic heterocycles. The molecule has 2 N–H and O–H groups in total. The molecular weight excluding hydrogens is 265 g/mol. The summed E-state index contributed by atoms with van der Waals surface area (Å²) in [5.74, 6) is 0.383. The van der Waals surface area contributed by atoms with E-state index >= 15 is 0 Å².